The highest BCUT2D eigenvalue weighted by Crippen LogP contribution is 2.57. The molecule has 0 saturated heterocycles. The lowest BCUT2D eigenvalue weighted by Crippen LogP contribution is -1.99. The van der Waals surface area contributed by atoms with Crippen molar-refractivity contribution in [3.63, 3.8) is 0 Å². The Kier molecular flexibility index (Phi) is 4.84. The van der Waals surface area contributed by atoms with Crippen LogP contribution < -0.4 is 0 Å². The van der Waals surface area contributed by atoms with Gasteiger partial charge >= 0.3 is 0 Å². The van der Waals surface area contributed by atoms with Gasteiger partial charge in [0.05, 0.1) is 0 Å². The van der Waals surface area contributed by atoms with E-state index in [0.29, 0.717) is 12.0 Å². The number of phenolic OH excluding ortho intramolecular Hbond substituents is 8. The Morgan fingerprint density at radius 1 is 0.526 bits per heavy atom. The minimum absolute atomic E-state index is 0.0798. The maximum absolute atomic E-state index is 10.9. The minimum atomic E-state index is -0.965. The van der Waals surface area contributed by atoms with E-state index in [-0.39, 0.29) is 39.1 Å². The van der Waals surface area contributed by atoms with Crippen molar-refractivity contribution in [3.05, 3.63) is 59.2 Å². The molecule has 6 rings (SSSR count). The van der Waals surface area contributed by atoms with E-state index in [1.165, 1.54) is 6.92 Å². The Balaban J connectivity index is 1.63. The highest BCUT2D eigenvalue weighted by molar-refractivity contribution is 6.16. The van der Waals surface area contributed by atoms with Crippen molar-refractivity contribution in [1.29, 1.82) is 0 Å². The smallest absolute Gasteiger partial charge is 0.204 e. The molecule has 0 atom stereocenters. The molecule has 0 aliphatic heterocycles. The van der Waals surface area contributed by atoms with Crippen LogP contribution in [0.4, 0.5) is 0 Å². The second kappa shape index (κ2) is 7.91. The molecule has 38 heavy (non-hydrogen) atoms. The fourth-order valence-electron chi connectivity index (χ4n) is 5.41. The standard InChI is InChI=1S/C29H22O9/c1-11-18-20(24(32)28(36)26(34)22(18)30)14(21-19(11)23(31)27(35)29(37)25(21)33)8-6-12-7-9-17-15(10-12)13-4-2-3-5-16(13)38-17/h2-5,7,9-10,30-37H,6,8H2,1H3. The second-order valence-corrected chi connectivity index (χ2v) is 9.32. The van der Waals surface area contributed by atoms with Crippen molar-refractivity contribution >= 4 is 43.5 Å². The lowest BCUT2D eigenvalue weighted by Gasteiger charge is -2.20. The number of para-hydroxylation sites is 1. The zero-order valence-corrected chi connectivity index (χ0v) is 19.9. The Labute approximate surface area is 213 Å². The summed E-state index contributed by atoms with van der Waals surface area (Å²) in [6.45, 7) is 1.43. The first-order valence-electron chi connectivity index (χ1n) is 11.7. The van der Waals surface area contributed by atoms with Gasteiger partial charge in [0.1, 0.15) is 11.2 Å². The van der Waals surface area contributed by atoms with Crippen LogP contribution in [0.2, 0.25) is 0 Å². The second-order valence-electron chi connectivity index (χ2n) is 9.32. The van der Waals surface area contributed by atoms with Crippen LogP contribution in [0.25, 0.3) is 43.5 Å². The van der Waals surface area contributed by atoms with E-state index in [0.717, 1.165) is 21.9 Å². The van der Waals surface area contributed by atoms with E-state index >= 15 is 0 Å². The quantitative estimate of drug-likeness (QED) is 0.0845. The number of phenols is 8. The van der Waals surface area contributed by atoms with Crippen molar-refractivity contribution in [2.24, 2.45) is 0 Å². The number of benzene rings is 5. The Bertz CT molecular complexity index is 1890. The van der Waals surface area contributed by atoms with Gasteiger partial charge in [-0.25, -0.2) is 0 Å². The molecule has 0 spiro atoms. The van der Waals surface area contributed by atoms with Crippen LogP contribution in [-0.4, -0.2) is 40.9 Å². The van der Waals surface area contributed by atoms with Gasteiger partial charge in [-0.3, -0.25) is 0 Å². The summed E-state index contributed by atoms with van der Waals surface area (Å²) in [6.07, 6.45) is 0.412. The fraction of sp³-hybridized carbons (Fsp3) is 0.103. The summed E-state index contributed by atoms with van der Waals surface area (Å²) in [7, 11) is 0. The van der Waals surface area contributed by atoms with E-state index < -0.39 is 46.0 Å². The molecule has 0 saturated carbocycles. The summed E-state index contributed by atoms with van der Waals surface area (Å²) in [4.78, 5) is 0. The van der Waals surface area contributed by atoms with Gasteiger partial charge in [-0.15, -0.1) is 0 Å². The molecule has 9 heteroatoms. The Hall–Kier alpha value is -5.18. The number of rotatable bonds is 3. The lowest BCUT2D eigenvalue weighted by atomic mass is 9.87. The molecule has 0 aliphatic carbocycles. The van der Waals surface area contributed by atoms with Crippen LogP contribution in [-0.2, 0) is 12.8 Å². The monoisotopic (exact) mass is 514 g/mol. The molecule has 0 aliphatic rings. The largest absolute Gasteiger partial charge is 0.504 e. The number of hydrogen-bond acceptors (Lipinski definition) is 9. The van der Waals surface area contributed by atoms with Crippen LogP contribution in [0.5, 0.6) is 46.0 Å². The summed E-state index contributed by atoms with van der Waals surface area (Å²) in [6, 6.07) is 13.2. The van der Waals surface area contributed by atoms with Crippen molar-refractivity contribution in [2.75, 3.05) is 0 Å². The zero-order valence-electron chi connectivity index (χ0n) is 19.9. The van der Waals surface area contributed by atoms with Gasteiger partial charge in [0.15, 0.2) is 23.0 Å². The third-order valence-corrected chi connectivity index (χ3v) is 7.25. The predicted octanol–water partition coefficient (Wildman–Crippen LogP) is 5.63. The van der Waals surface area contributed by atoms with Gasteiger partial charge in [-0.1, -0.05) is 24.3 Å². The summed E-state index contributed by atoms with van der Waals surface area (Å²) in [5.41, 5.74) is 2.53. The average Bonchev–Trinajstić information content (AvgIpc) is 3.29. The number of furan rings is 1. The SMILES string of the molecule is Cc1c2c(O)c(O)c(O)c(O)c2c(CCc2ccc3oc4ccccc4c3c2)c2c(O)c(O)c(O)c(O)c12. The number of hydrogen-bond donors (Lipinski definition) is 8. The first-order valence-corrected chi connectivity index (χ1v) is 11.7. The molecule has 5 aromatic carbocycles. The molecule has 0 amide bonds. The van der Waals surface area contributed by atoms with E-state index in [9.17, 15) is 40.9 Å². The maximum atomic E-state index is 10.9. The van der Waals surface area contributed by atoms with Crippen LogP contribution in [0.3, 0.4) is 0 Å². The Morgan fingerprint density at radius 3 is 1.61 bits per heavy atom. The number of aryl methyl sites for hydroxylation is 3. The van der Waals surface area contributed by atoms with Crippen LogP contribution >= 0.6 is 0 Å². The summed E-state index contributed by atoms with van der Waals surface area (Å²) < 4.78 is 5.88. The third kappa shape index (κ3) is 2.98. The van der Waals surface area contributed by atoms with E-state index in [1.807, 2.05) is 42.5 Å². The molecule has 0 radical (unpaired) electrons. The van der Waals surface area contributed by atoms with Gasteiger partial charge in [0, 0.05) is 32.3 Å². The normalized spacial score (nSPS) is 11.8. The van der Waals surface area contributed by atoms with Crippen molar-refractivity contribution < 1.29 is 45.3 Å². The van der Waals surface area contributed by atoms with Gasteiger partial charge in [0.2, 0.25) is 23.0 Å². The van der Waals surface area contributed by atoms with Crippen molar-refractivity contribution in [2.45, 2.75) is 19.8 Å². The van der Waals surface area contributed by atoms with E-state index in [1.54, 1.807) is 0 Å². The Morgan fingerprint density at radius 2 is 1.03 bits per heavy atom. The van der Waals surface area contributed by atoms with Crippen LogP contribution in [0, 0.1) is 6.92 Å². The first kappa shape index (κ1) is 23.2. The highest BCUT2D eigenvalue weighted by Gasteiger charge is 2.29. The van der Waals surface area contributed by atoms with Crippen molar-refractivity contribution in [1.82, 2.24) is 0 Å². The fourth-order valence-corrected chi connectivity index (χ4v) is 5.41. The molecule has 6 aromatic rings. The first-order chi connectivity index (χ1) is 18.1. The van der Waals surface area contributed by atoms with Crippen LogP contribution in [0.15, 0.2) is 46.9 Å². The summed E-state index contributed by atoms with van der Waals surface area (Å²) in [5, 5.41) is 85.6. The summed E-state index contributed by atoms with van der Waals surface area (Å²) >= 11 is 0. The third-order valence-electron chi connectivity index (χ3n) is 7.25. The topological polar surface area (TPSA) is 175 Å². The maximum Gasteiger partial charge on any atom is 0.204 e. The molecule has 0 fully saturated rings. The molecule has 1 heterocycles. The number of fused-ring (bicyclic) bond motifs is 5. The molecule has 8 N–H and O–H groups in total. The molecule has 0 bridgehead atoms. The van der Waals surface area contributed by atoms with Crippen LogP contribution in [0.1, 0.15) is 16.7 Å². The van der Waals surface area contributed by atoms with E-state index in [2.05, 4.69) is 0 Å². The van der Waals surface area contributed by atoms with Gasteiger partial charge in [-0.05, 0) is 54.7 Å². The molecule has 0 unspecified atom stereocenters. The van der Waals surface area contributed by atoms with Gasteiger partial charge in [0.25, 0.3) is 0 Å². The molecular formula is C29H22O9. The molecule has 1 aromatic heterocycles. The highest BCUT2D eigenvalue weighted by atomic mass is 16.4. The molecular weight excluding hydrogens is 492 g/mol. The molecule has 192 valence electrons. The van der Waals surface area contributed by atoms with E-state index in [4.69, 9.17) is 4.42 Å². The predicted molar refractivity (Wildman–Crippen MR) is 141 cm³/mol. The van der Waals surface area contributed by atoms with Gasteiger partial charge in [-0.2, -0.15) is 0 Å². The zero-order chi connectivity index (χ0) is 27.0. The van der Waals surface area contributed by atoms with Crippen molar-refractivity contribution in [3.8, 4) is 46.0 Å². The summed E-state index contributed by atoms with van der Waals surface area (Å²) in [5.74, 6) is -6.88. The molecule has 9 nitrogen and oxygen atoms in total. The minimum Gasteiger partial charge on any atom is -0.504 e. The number of aromatic hydroxyl groups is 8. The lowest BCUT2D eigenvalue weighted by molar-refractivity contribution is 0.349. The average molecular weight is 514 g/mol. The van der Waals surface area contributed by atoms with Gasteiger partial charge < -0.3 is 45.3 Å².